The minimum absolute atomic E-state index is 0.0111. The molecule has 1 aliphatic rings. The third kappa shape index (κ3) is 8.06. The number of pyridine rings is 1. The standard InChI is InChI=1S/C20H20Cl2N4O2S.C10H12N4O3/c1-12(2)18-19(29-16-8-14(21)7-15(22)9-16)26(10-13-3-5-24-6-4-13)17(25-18)11-28-20(23)27;15-3-6-1-2-7(17-6)14-5-13-8-9(14)11-4-12-10(8)16/h3-9,12H,10-11H2,1-2H3,(H2,23,27);4-7,15H,1-3H2,(H,11,12,16)/t;6-,7+/m.0/s1. The second-order valence-electron chi connectivity index (χ2n) is 10.7. The summed E-state index contributed by atoms with van der Waals surface area (Å²) in [6, 6.07) is 9.25. The Hall–Kier alpha value is -3.95. The minimum Gasteiger partial charge on any atom is -0.442 e. The fourth-order valence-electron chi connectivity index (χ4n) is 4.86. The zero-order valence-electron chi connectivity index (χ0n) is 25.0. The smallest absolute Gasteiger partial charge is 0.404 e. The van der Waals surface area contributed by atoms with Crippen molar-refractivity contribution in [3.8, 4) is 0 Å². The highest BCUT2D eigenvalue weighted by atomic mass is 35.5. The van der Waals surface area contributed by atoms with Gasteiger partial charge in [0, 0.05) is 27.3 Å². The number of ether oxygens (including phenoxy) is 2. The maximum absolute atomic E-state index is 11.5. The molecule has 13 nitrogen and oxygen atoms in total. The van der Waals surface area contributed by atoms with Crippen molar-refractivity contribution < 1.29 is 19.4 Å². The van der Waals surface area contributed by atoms with Gasteiger partial charge in [0.1, 0.15) is 17.1 Å². The molecule has 46 heavy (non-hydrogen) atoms. The van der Waals surface area contributed by atoms with Crippen LogP contribution in [0.25, 0.3) is 11.2 Å². The number of nitrogens with one attached hydrogen (secondary N) is 1. The van der Waals surface area contributed by atoms with Crippen LogP contribution in [0.3, 0.4) is 0 Å². The fraction of sp³-hybridized carbons (Fsp3) is 0.333. The lowest BCUT2D eigenvalue weighted by molar-refractivity contribution is -0.0207. The number of primary amides is 1. The molecule has 5 aromatic rings. The van der Waals surface area contributed by atoms with Crippen LogP contribution < -0.4 is 11.3 Å². The first-order valence-corrected chi connectivity index (χ1v) is 15.9. The zero-order valence-corrected chi connectivity index (χ0v) is 27.3. The Morgan fingerprint density at radius 2 is 1.93 bits per heavy atom. The fourth-order valence-corrected chi connectivity index (χ4v) is 6.78. The third-order valence-electron chi connectivity index (χ3n) is 7.02. The Kier molecular flexibility index (Phi) is 11.0. The largest absolute Gasteiger partial charge is 0.442 e. The average molecular weight is 688 g/mol. The number of aliphatic hydroxyl groups excluding tert-OH is 1. The molecule has 0 saturated carbocycles. The van der Waals surface area contributed by atoms with E-state index < -0.39 is 6.09 Å². The summed E-state index contributed by atoms with van der Waals surface area (Å²) in [5.74, 6) is 0.762. The molecule has 2 atom stereocenters. The second kappa shape index (κ2) is 15.1. The second-order valence-corrected chi connectivity index (χ2v) is 12.6. The molecular formula is C30H32Cl2N8O5S. The first kappa shape index (κ1) is 33.4. The molecule has 0 spiro atoms. The van der Waals surface area contributed by atoms with Crippen molar-refractivity contribution in [2.45, 2.75) is 68.0 Å². The van der Waals surface area contributed by atoms with Gasteiger partial charge in [0.05, 0.1) is 37.6 Å². The van der Waals surface area contributed by atoms with Crippen molar-refractivity contribution in [2.24, 2.45) is 5.73 Å². The van der Waals surface area contributed by atoms with Crippen molar-refractivity contribution in [3.63, 3.8) is 0 Å². The summed E-state index contributed by atoms with van der Waals surface area (Å²) < 4.78 is 14.4. The lowest BCUT2D eigenvalue weighted by atomic mass is 10.1. The molecule has 0 bridgehead atoms. The predicted octanol–water partition coefficient (Wildman–Crippen LogP) is 5.29. The highest BCUT2D eigenvalue weighted by Gasteiger charge is 2.27. The average Bonchev–Trinajstić information content (AvgIpc) is 3.75. The van der Waals surface area contributed by atoms with E-state index in [-0.39, 0.29) is 37.0 Å². The molecule has 0 unspecified atom stereocenters. The van der Waals surface area contributed by atoms with E-state index in [0.717, 1.165) is 34.0 Å². The lowest BCUT2D eigenvalue weighted by Gasteiger charge is -2.14. The van der Waals surface area contributed by atoms with Crippen molar-refractivity contribution >= 4 is 52.2 Å². The number of H-pyrrole nitrogens is 1. The van der Waals surface area contributed by atoms with Gasteiger partial charge >= 0.3 is 6.09 Å². The highest BCUT2D eigenvalue weighted by molar-refractivity contribution is 7.99. The van der Waals surface area contributed by atoms with Gasteiger partial charge in [-0.05, 0) is 54.7 Å². The molecule has 4 aromatic heterocycles. The quantitative estimate of drug-likeness (QED) is 0.185. The Morgan fingerprint density at radius 1 is 1.20 bits per heavy atom. The number of aromatic nitrogens is 7. The molecule has 242 valence electrons. The van der Waals surface area contributed by atoms with Crippen molar-refractivity contribution in [2.75, 3.05) is 6.61 Å². The topological polar surface area (TPSA) is 176 Å². The first-order chi connectivity index (χ1) is 22.1. The molecule has 16 heteroatoms. The summed E-state index contributed by atoms with van der Waals surface area (Å²) in [6.45, 7) is 4.66. The van der Waals surface area contributed by atoms with Crippen molar-refractivity contribution in [1.29, 1.82) is 0 Å². The van der Waals surface area contributed by atoms with Gasteiger partial charge in [-0.3, -0.25) is 14.3 Å². The van der Waals surface area contributed by atoms with Crippen LogP contribution in [-0.2, 0) is 22.6 Å². The molecular weight excluding hydrogens is 655 g/mol. The van der Waals surface area contributed by atoms with Crippen LogP contribution >= 0.6 is 35.0 Å². The van der Waals surface area contributed by atoms with Crippen molar-refractivity contribution in [3.05, 3.63) is 92.9 Å². The van der Waals surface area contributed by atoms with Crippen LogP contribution in [0, 0.1) is 0 Å². The molecule has 1 fully saturated rings. The number of halogens is 2. The first-order valence-electron chi connectivity index (χ1n) is 14.3. The summed E-state index contributed by atoms with van der Waals surface area (Å²) in [7, 11) is 0. The number of benzene rings is 1. The summed E-state index contributed by atoms with van der Waals surface area (Å²) >= 11 is 13.9. The van der Waals surface area contributed by atoms with E-state index in [4.69, 9.17) is 48.5 Å². The zero-order chi connectivity index (χ0) is 32.8. The van der Waals surface area contributed by atoms with E-state index in [0.29, 0.717) is 33.6 Å². The van der Waals surface area contributed by atoms with Crippen LogP contribution in [0.4, 0.5) is 4.79 Å². The summed E-state index contributed by atoms with van der Waals surface area (Å²) in [5, 5.41) is 11.1. The summed E-state index contributed by atoms with van der Waals surface area (Å²) in [5.41, 5.74) is 7.66. The van der Waals surface area contributed by atoms with E-state index in [9.17, 15) is 9.59 Å². The van der Waals surface area contributed by atoms with E-state index >= 15 is 0 Å². The Morgan fingerprint density at radius 3 is 2.59 bits per heavy atom. The maximum atomic E-state index is 11.5. The Labute approximate surface area is 278 Å². The number of nitrogens with zero attached hydrogens (tertiary/aromatic N) is 6. The van der Waals surface area contributed by atoms with Gasteiger partial charge in [-0.15, -0.1) is 0 Å². The number of carbonyl (C=O) groups excluding carboxylic acids is 1. The molecule has 1 saturated heterocycles. The van der Waals surface area contributed by atoms with E-state index in [1.165, 1.54) is 18.1 Å². The summed E-state index contributed by atoms with van der Waals surface area (Å²) in [4.78, 5) is 42.9. The summed E-state index contributed by atoms with van der Waals surface area (Å²) in [6.07, 6.45) is 6.77. The van der Waals surface area contributed by atoms with Crippen molar-refractivity contribution in [1.82, 2.24) is 34.1 Å². The monoisotopic (exact) mass is 686 g/mol. The molecule has 0 aliphatic carbocycles. The minimum atomic E-state index is -0.842. The number of fused-ring (bicyclic) bond motifs is 1. The molecule has 1 amide bonds. The van der Waals surface area contributed by atoms with Crippen LogP contribution in [0.15, 0.2) is 70.1 Å². The van der Waals surface area contributed by atoms with Gasteiger partial charge in [-0.2, -0.15) is 0 Å². The molecule has 6 rings (SSSR count). The lowest BCUT2D eigenvalue weighted by Crippen LogP contribution is -2.15. The number of imidazole rings is 2. The van der Waals surface area contributed by atoms with Gasteiger partial charge in [0.15, 0.2) is 17.8 Å². The van der Waals surface area contributed by atoms with Gasteiger partial charge < -0.3 is 29.9 Å². The number of hydrogen-bond donors (Lipinski definition) is 3. The number of nitrogens with two attached hydrogens (primary N) is 1. The SMILES string of the molecule is CC(C)c1nc(COC(N)=O)n(Cc2ccncc2)c1Sc1cc(Cl)cc(Cl)c1.O=c1[nH]cnc2c1ncn2[C@H]1CC[C@@H](CO)O1. The maximum Gasteiger partial charge on any atom is 0.404 e. The molecule has 5 heterocycles. The van der Waals surface area contributed by atoms with Gasteiger partial charge in [0.2, 0.25) is 0 Å². The van der Waals surface area contributed by atoms with E-state index in [1.807, 2.05) is 28.8 Å². The number of carbonyl (C=O) groups is 1. The molecule has 4 N–H and O–H groups in total. The number of amides is 1. The van der Waals surface area contributed by atoms with Gasteiger partial charge in [-0.25, -0.2) is 19.7 Å². The molecule has 1 aliphatic heterocycles. The molecule has 1 aromatic carbocycles. The highest BCUT2D eigenvalue weighted by Crippen LogP contribution is 2.37. The van der Waals surface area contributed by atoms with Crippen LogP contribution in [0.5, 0.6) is 0 Å². The number of aromatic amines is 1. The van der Waals surface area contributed by atoms with E-state index in [2.05, 4.69) is 33.8 Å². The number of rotatable bonds is 9. The van der Waals surface area contributed by atoms with Crippen LogP contribution in [-0.4, -0.2) is 58.0 Å². The van der Waals surface area contributed by atoms with Gasteiger partial charge in [0.25, 0.3) is 5.56 Å². The normalized spacial score (nSPS) is 16.0. The third-order valence-corrected chi connectivity index (χ3v) is 8.55. The Balaban J connectivity index is 0.000000207. The number of hydrogen-bond acceptors (Lipinski definition) is 10. The Bertz CT molecular complexity index is 1840. The molecule has 0 radical (unpaired) electrons. The predicted molar refractivity (Wildman–Crippen MR) is 173 cm³/mol. The van der Waals surface area contributed by atoms with Gasteiger partial charge in [-0.1, -0.05) is 48.8 Å². The van der Waals surface area contributed by atoms with Crippen LogP contribution in [0.1, 0.15) is 55.9 Å². The van der Waals surface area contributed by atoms with Crippen LogP contribution in [0.2, 0.25) is 10.0 Å². The van der Waals surface area contributed by atoms with E-state index in [1.54, 1.807) is 29.4 Å². The number of aliphatic hydroxyl groups is 1.